The molecule has 0 saturated carbocycles. The van der Waals surface area contributed by atoms with Crippen LogP contribution < -0.4 is 0 Å². The molecule has 0 fully saturated rings. The zero-order valence-corrected chi connectivity index (χ0v) is 11.7. The lowest BCUT2D eigenvalue weighted by atomic mass is 9.99. The molecule has 0 unspecified atom stereocenters. The molecule has 2 nitrogen and oxygen atoms in total. The van der Waals surface area contributed by atoms with E-state index in [4.69, 9.17) is 0 Å². The van der Waals surface area contributed by atoms with E-state index in [9.17, 15) is 0 Å². The number of aryl methyl sites for hydroxylation is 2. The van der Waals surface area contributed by atoms with Crippen molar-refractivity contribution in [3.63, 3.8) is 0 Å². The third kappa shape index (κ3) is 2.35. The smallest absolute Gasteiger partial charge is 0.0625 e. The highest BCUT2D eigenvalue weighted by Gasteiger charge is 2.13. The Hall–Kier alpha value is -1.83. The summed E-state index contributed by atoms with van der Waals surface area (Å²) in [6, 6.07) is 8.77. The van der Waals surface area contributed by atoms with Gasteiger partial charge in [0.25, 0.3) is 0 Å². The van der Waals surface area contributed by atoms with Crippen LogP contribution in [0.15, 0.2) is 30.3 Å². The predicted octanol–water partition coefficient (Wildman–Crippen LogP) is 3.99. The molecule has 0 spiro atoms. The van der Waals surface area contributed by atoms with Crippen molar-refractivity contribution < 1.29 is 0 Å². The summed E-state index contributed by atoms with van der Waals surface area (Å²) in [4.78, 5) is 0. The van der Waals surface area contributed by atoms with E-state index >= 15 is 0 Å². The lowest BCUT2D eigenvalue weighted by Gasteiger charge is -2.06. The summed E-state index contributed by atoms with van der Waals surface area (Å²) in [6.45, 7) is 4.20. The topological polar surface area (TPSA) is 28.7 Å². The standard InChI is InChI=1S/C17H20N2/c1-12-16(13(2)19-18-12)9-5-7-15-11-10-14-6-3-4-8-17(14)15/h3-4,6,8,11H,5,7,9-10H2,1-2H3,(H,18,19). The SMILES string of the molecule is Cc1n[nH]c(C)c1CCCC1=CCc2ccccc21. The average Bonchev–Trinajstić information content (AvgIpc) is 2.97. The number of benzene rings is 1. The number of hydrogen-bond acceptors (Lipinski definition) is 1. The van der Waals surface area contributed by atoms with Crippen LogP contribution in [0.1, 0.15) is 40.9 Å². The number of hydrogen-bond donors (Lipinski definition) is 1. The highest BCUT2D eigenvalue weighted by Crippen LogP contribution is 2.30. The molecule has 0 saturated heterocycles. The quantitative estimate of drug-likeness (QED) is 0.875. The molecule has 0 radical (unpaired) electrons. The van der Waals surface area contributed by atoms with Crippen molar-refractivity contribution in [2.45, 2.75) is 39.5 Å². The number of rotatable bonds is 4. The van der Waals surface area contributed by atoms with Crippen molar-refractivity contribution in [2.24, 2.45) is 0 Å². The third-order valence-electron chi connectivity index (χ3n) is 4.09. The van der Waals surface area contributed by atoms with E-state index in [1.54, 1.807) is 0 Å². The van der Waals surface area contributed by atoms with E-state index in [0.29, 0.717) is 0 Å². The molecule has 1 aliphatic rings. The molecule has 3 rings (SSSR count). The van der Waals surface area contributed by atoms with Gasteiger partial charge >= 0.3 is 0 Å². The second kappa shape index (κ2) is 5.04. The summed E-state index contributed by atoms with van der Waals surface area (Å²) in [5, 5.41) is 7.33. The zero-order valence-electron chi connectivity index (χ0n) is 11.7. The first kappa shape index (κ1) is 12.2. The Bertz CT molecular complexity index is 600. The molecule has 1 aromatic carbocycles. The van der Waals surface area contributed by atoms with Crippen LogP contribution in [-0.2, 0) is 12.8 Å². The fourth-order valence-corrected chi connectivity index (χ4v) is 2.99. The monoisotopic (exact) mass is 252 g/mol. The van der Waals surface area contributed by atoms with E-state index < -0.39 is 0 Å². The van der Waals surface area contributed by atoms with Crippen molar-refractivity contribution in [2.75, 3.05) is 0 Å². The van der Waals surface area contributed by atoms with Gasteiger partial charge in [0.1, 0.15) is 0 Å². The van der Waals surface area contributed by atoms with Gasteiger partial charge in [-0.1, -0.05) is 30.3 Å². The van der Waals surface area contributed by atoms with Crippen LogP contribution >= 0.6 is 0 Å². The molecule has 19 heavy (non-hydrogen) atoms. The number of nitrogens with zero attached hydrogens (tertiary/aromatic N) is 1. The number of H-pyrrole nitrogens is 1. The van der Waals surface area contributed by atoms with Gasteiger partial charge in [-0.25, -0.2) is 0 Å². The first-order valence-electron chi connectivity index (χ1n) is 7.03. The van der Waals surface area contributed by atoms with Gasteiger partial charge < -0.3 is 0 Å². The van der Waals surface area contributed by atoms with Gasteiger partial charge in [0, 0.05) is 5.69 Å². The van der Waals surface area contributed by atoms with Gasteiger partial charge in [0.2, 0.25) is 0 Å². The van der Waals surface area contributed by atoms with Crippen LogP contribution in [0.5, 0.6) is 0 Å². The summed E-state index contributed by atoms with van der Waals surface area (Å²) >= 11 is 0. The van der Waals surface area contributed by atoms with Crippen LogP contribution in [0, 0.1) is 13.8 Å². The molecular formula is C17H20N2. The van der Waals surface area contributed by atoms with E-state index in [2.05, 4.69) is 54.4 Å². The largest absolute Gasteiger partial charge is 0.282 e. The molecular weight excluding hydrogens is 232 g/mol. The molecule has 1 aliphatic carbocycles. The maximum atomic E-state index is 4.26. The minimum Gasteiger partial charge on any atom is -0.282 e. The van der Waals surface area contributed by atoms with Crippen LogP contribution in [0.4, 0.5) is 0 Å². The zero-order chi connectivity index (χ0) is 13.2. The molecule has 0 atom stereocenters. The summed E-state index contributed by atoms with van der Waals surface area (Å²) in [5.41, 5.74) is 8.23. The molecule has 0 amide bonds. The van der Waals surface area contributed by atoms with E-state index in [0.717, 1.165) is 18.5 Å². The van der Waals surface area contributed by atoms with Crippen LogP contribution in [0.25, 0.3) is 5.57 Å². The molecule has 98 valence electrons. The van der Waals surface area contributed by atoms with E-state index in [-0.39, 0.29) is 0 Å². The van der Waals surface area contributed by atoms with Gasteiger partial charge in [-0.3, -0.25) is 5.10 Å². The second-order valence-electron chi connectivity index (χ2n) is 5.36. The minimum absolute atomic E-state index is 1.11. The first-order chi connectivity index (χ1) is 9.25. The fraction of sp³-hybridized carbons (Fsp3) is 0.353. The van der Waals surface area contributed by atoms with Crippen molar-refractivity contribution in [3.8, 4) is 0 Å². The third-order valence-corrected chi connectivity index (χ3v) is 4.09. The van der Waals surface area contributed by atoms with Crippen LogP contribution in [0.2, 0.25) is 0 Å². The van der Waals surface area contributed by atoms with E-state index in [1.807, 2.05) is 0 Å². The number of aromatic amines is 1. The van der Waals surface area contributed by atoms with Crippen molar-refractivity contribution in [1.29, 1.82) is 0 Å². The normalized spacial score (nSPS) is 13.5. The highest BCUT2D eigenvalue weighted by molar-refractivity contribution is 5.72. The molecule has 2 aromatic rings. The average molecular weight is 252 g/mol. The lowest BCUT2D eigenvalue weighted by molar-refractivity contribution is 0.843. The van der Waals surface area contributed by atoms with Gasteiger partial charge in [0.15, 0.2) is 0 Å². The summed E-state index contributed by atoms with van der Waals surface area (Å²) in [5.74, 6) is 0. The first-order valence-corrected chi connectivity index (χ1v) is 7.03. The Labute approximate surface area is 114 Å². The molecule has 0 bridgehead atoms. The highest BCUT2D eigenvalue weighted by atomic mass is 15.1. The Balaban J connectivity index is 1.63. The van der Waals surface area contributed by atoms with Crippen molar-refractivity contribution >= 4 is 5.57 Å². The van der Waals surface area contributed by atoms with Gasteiger partial charge in [-0.05, 0) is 61.8 Å². The lowest BCUT2D eigenvalue weighted by Crippen LogP contribution is -1.91. The maximum Gasteiger partial charge on any atom is 0.0625 e. The van der Waals surface area contributed by atoms with E-state index in [1.165, 1.54) is 40.8 Å². The number of fused-ring (bicyclic) bond motifs is 1. The molecule has 1 N–H and O–H groups in total. The van der Waals surface area contributed by atoms with Gasteiger partial charge in [-0.15, -0.1) is 0 Å². The maximum absolute atomic E-state index is 4.26. The van der Waals surface area contributed by atoms with Crippen molar-refractivity contribution in [1.82, 2.24) is 10.2 Å². The molecule has 1 heterocycles. The van der Waals surface area contributed by atoms with Gasteiger partial charge in [-0.2, -0.15) is 5.10 Å². The summed E-state index contributed by atoms with van der Waals surface area (Å²) in [7, 11) is 0. The minimum atomic E-state index is 1.11. The predicted molar refractivity (Wildman–Crippen MR) is 79.1 cm³/mol. The molecule has 0 aliphatic heterocycles. The number of nitrogens with one attached hydrogen (secondary N) is 1. The Morgan fingerprint density at radius 1 is 1.16 bits per heavy atom. The molecule has 1 aromatic heterocycles. The Morgan fingerprint density at radius 3 is 2.79 bits per heavy atom. The van der Waals surface area contributed by atoms with Crippen LogP contribution in [-0.4, -0.2) is 10.2 Å². The number of allylic oxidation sites excluding steroid dienone is 2. The summed E-state index contributed by atoms with van der Waals surface area (Å²) < 4.78 is 0. The molecule has 2 heteroatoms. The van der Waals surface area contributed by atoms with Crippen LogP contribution in [0.3, 0.4) is 0 Å². The Morgan fingerprint density at radius 2 is 2.00 bits per heavy atom. The van der Waals surface area contributed by atoms with Gasteiger partial charge in [0.05, 0.1) is 5.69 Å². The fourth-order valence-electron chi connectivity index (χ4n) is 2.99. The Kier molecular flexibility index (Phi) is 3.24. The number of aromatic nitrogens is 2. The summed E-state index contributed by atoms with van der Waals surface area (Å²) in [6.07, 6.45) is 6.98. The van der Waals surface area contributed by atoms with Crippen molar-refractivity contribution in [3.05, 3.63) is 58.4 Å². The second-order valence-corrected chi connectivity index (χ2v) is 5.36.